The molecule has 1 heterocycles. The Balaban J connectivity index is 1.75. The van der Waals surface area contributed by atoms with Gasteiger partial charge in [-0.1, -0.05) is 25.0 Å². The summed E-state index contributed by atoms with van der Waals surface area (Å²) < 4.78 is 1.03. The van der Waals surface area contributed by atoms with Gasteiger partial charge >= 0.3 is 0 Å². The molecule has 2 rings (SSSR count). The van der Waals surface area contributed by atoms with E-state index >= 15 is 0 Å². The van der Waals surface area contributed by atoms with Crippen LogP contribution < -0.4 is 5.32 Å². The van der Waals surface area contributed by atoms with Gasteiger partial charge in [-0.3, -0.25) is 4.79 Å². The topological polar surface area (TPSA) is 32.3 Å². The number of likely N-dealkylation sites (tertiary alicyclic amines) is 1. The molecule has 1 aromatic rings. The first-order valence-corrected chi connectivity index (χ1v) is 9.48. The van der Waals surface area contributed by atoms with Crippen LogP contribution in [0.3, 0.4) is 0 Å². The van der Waals surface area contributed by atoms with Gasteiger partial charge in [0.05, 0.1) is 5.56 Å². The minimum atomic E-state index is 0.0510. The van der Waals surface area contributed by atoms with Crippen LogP contribution in [0.15, 0.2) is 18.2 Å². The Morgan fingerprint density at radius 1 is 1.41 bits per heavy atom. The molecule has 0 radical (unpaired) electrons. The van der Waals surface area contributed by atoms with Gasteiger partial charge in [-0.25, -0.2) is 0 Å². The van der Waals surface area contributed by atoms with Gasteiger partial charge in [0, 0.05) is 22.7 Å². The van der Waals surface area contributed by atoms with Crippen molar-refractivity contribution in [1.29, 1.82) is 0 Å². The van der Waals surface area contributed by atoms with Gasteiger partial charge in [0.2, 0.25) is 0 Å². The number of nitrogens with one attached hydrogen (secondary N) is 1. The fraction of sp³-hybridized carbons (Fsp3) is 0.611. The third-order valence-electron chi connectivity index (χ3n) is 4.50. The van der Waals surface area contributed by atoms with Crippen molar-refractivity contribution in [2.45, 2.75) is 52.0 Å². The number of aryl methyl sites for hydroxylation is 1. The van der Waals surface area contributed by atoms with Crippen LogP contribution in [0.1, 0.15) is 54.9 Å². The van der Waals surface area contributed by atoms with E-state index in [2.05, 4.69) is 45.8 Å². The van der Waals surface area contributed by atoms with E-state index in [1.165, 1.54) is 37.8 Å². The van der Waals surface area contributed by atoms with Crippen molar-refractivity contribution in [3.63, 3.8) is 0 Å². The van der Waals surface area contributed by atoms with Crippen molar-refractivity contribution in [3.05, 3.63) is 32.9 Å². The van der Waals surface area contributed by atoms with Crippen molar-refractivity contribution < 1.29 is 4.79 Å². The second-order valence-corrected chi connectivity index (χ2v) is 7.35. The third-order valence-corrected chi connectivity index (χ3v) is 5.39. The number of rotatable bonds is 6. The first-order chi connectivity index (χ1) is 10.6. The fourth-order valence-electron chi connectivity index (χ4n) is 3.20. The summed E-state index contributed by atoms with van der Waals surface area (Å²) in [7, 11) is 0. The summed E-state index contributed by atoms with van der Waals surface area (Å²) in [6.07, 6.45) is 6.31. The van der Waals surface area contributed by atoms with Crippen LogP contribution in [-0.4, -0.2) is 36.5 Å². The van der Waals surface area contributed by atoms with Crippen LogP contribution in [0, 0.1) is 10.5 Å². The summed E-state index contributed by atoms with van der Waals surface area (Å²) in [5.41, 5.74) is 1.98. The van der Waals surface area contributed by atoms with Gasteiger partial charge in [-0.15, -0.1) is 0 Å². The summed E-state index contributed by atoms with van der Waals surface area (Å²) >= 11 is 2.24. The molecular formula is C18H27IN2O. The summed E-state index contributed by atoms with van der Waals surface area (Å²) in [5.74, 6) is 0.0510. The highest BCUT2D eigenvalue weighted by molar-refractivity contribution is 14.1. The Bertz CT molecular complexity index is 504. The predicted molar refractivity (Wildman–Crippen MR) is 100 cm³/mol. The number of amides is 1. The molecule has 0 aliphatic carbocycles. The van der Waals surface area contributed by atoms with E-state index < -0.39 is 0 Å². The number of carbonyl (C=O) groups is 1. The quantitative estimate of drug-likeness (QED) is 0.564. The number of piperidine rings is 1. The third kappa shape index (κ3) is 4.95. The average molecular weight is 414 g/mol. The van der Waals surface area contributed by atoms with Crippen LogP contribution in [-0.2, 0) is 0 Å². The molecule has 1 N–H and O–H groups in total. The molecule has 22 heavy (non-hydrogen) atoms. The first kappa shape index (κ1) is 17.7. The van der Waals surface area contributed by atoms with E-state index in [1.807, 2.05) is 19.1 Å². The zero-order valence-electron chi connectivity index (χ0n) is 13.7. The lowest BCUT2D eigenvalue weighted by Gasteiger charge is -2.35. The minimum Gasteiger partial charge on any atom is -0.352 e. The van der Waals surface area contributed by atoms with Gasteiger partial charge in [-0.05, 0) is 73.9 Å². The van der Waals surface area contributed by atoms with E-state index in [9.17, 15) is 4.79 Å². The van der Waals surface area contributed by atoms with E-state index in [0.717, 1.165) is 34.7 Å². The SMILES string of the molecule is CC[C@@H]1CCCCN1CCCNC(=O)c1ccc(C)cc1I. The zero-order valence-corrected chi connectivity index (χ0v) is 15.9. The molecule has 0 aromatic heterocycles. The Hall–Kier alpha value is -0.620. The minimum absolute atomic E-state index is 0.0510. The van der Waals surface area contributed by atoms with Crippen LogP contribution in [0.5, 0.6) is 0 Å². The van der Waals surface area contributed by atoms with Crippen molar-refractivity contribution in [2.24, 2.45) is 0 Å². The normalized spacial score (nSPS) is 19.1. The maximum absolute atomic E-state index is 12.2. The van der Waals surface area contributed by atoms with Gasteiger partial charge in [0.1, 0.15) is 0 Å². The van der Waals surface area contributed by atoms with Gasteiger partial charge in [0.25, 0.3) is 5.91 Å². The fourth-order valence-corrected chi connectivity index (χ4v) is 4.12. The second kappa shape index (κ2) is 8.87. The van der Waals surface area contributed by atoms with E-state index in [4.69, 9.17) is 0 Å². The highest BCUT2D eigenvalue weighted by Gasteiger charge is 2.19. The predicted octanol–water partition coefficient (Wildman–Crippen LogP) is 3.98. The molecule has 0 spiro atoms. The zero-order chi connectivity index (χ0) is 15.9. The smallest absolute Gasteiger partial charge is 0.252 e. The molecule has 1 saturated heterocycles. The molecule has 1 fully saturated rings. The lowest BCUT2D eigenvalue weighted by atomic mass is 10.00. The largest absolute Gasteiger partial charge is 0.352 e. The van der Waals surface area contributed by atoms with Crippen molar-refractivity contribution in [1.82, 2.24) is 10.2 Å². The number of hydrogen-bond donors (Lipinski definition) is 1. The van der Waals surface area contributed by atoms with Gasteiger partial charge in [0.15, 0.2) is 0 Å². The number of carbonyl (C=O) groups excluding carboxylic acids is 1. The lowest BCUT2D eigenvalue weighted by Crippen LogP contribution is -2.40. The Labute approximate surface area is 148 Å². The second-order valence-electron chi connectivity index (χ2n) is 6.19. The first-order valence-electron chi connectivity index (χ1n) is 8.40. The molecular weight excluding hydrogens is 387 g/mol. The van der Waals surface area contributed by atoms with E-state index in [0.29, 0.717) is 0 Å². The molecule has 3 nitrogen and oxygen atoms in total. The highest BCUT2D eigenvalue weighted by atomic mass is 127. The molecule has 0 unspecified atom stereocenters. The van der Waals surface area contributed by atoms with E-state index in [-0.39, 0.29) is 5.91 Å². The summed E-state index contributed by atoms with van der Waals surface area (Å²) in [4.78, 5) is 14.8. The van der Waals surface area contributed by atoms with Crippen LogP contribution >= 0.6 is 22.6 Å². The molecule has 1 aliphatic heterocycles. The molecule has 1 aromatic carbocycles. The van der Waals surface area contributed by atoms with Crippen molar-refractivity contribution in [2.75, 3.05) is 19.6 Å². The molecule has 4 heteroatoms. The molecule has 1 aliphatic rings. The Kier molecular flexibility index (Phi) is 7.15. The van der Waals surface area contributed by atoms with Crippen LogP contribution in [0.2, 0.25) is 0 Å². The molecule has 0 bridgehead atoms. The van der Waals surface area contributed by atoms with Crippen molar-refractivity contribution >= 4 is 28.5 Å². The van der Waals surface area contributed by atoms with Crippen LogP contribution in [0.25, 0.3) is 0 Å². The number of halogens is 1. The van der Waals surface area contributed by atoms with Crippen LogP contribution in [0.4, 0.5) is 0 Å². The Morgan fingerprint density at radius 3 is 2.95 bits per heavy atom. The Morgan fingerprint density at radius 2 is 2.23 bits per heavy atom. The highest BCUT2D eigenvalue weighted by Crippen LogP contribution is 2.19. The number of benzene rings is 1. The van der Waals surface area contributed by atoms with Crippen molar-refractivity contribution in [3.8, 4) is 0 Å². The lowest BCUT2D eigenvalue weighted by molar-refractivity contribution is 0.0946. The molecule has 1 amide bonds. The maximum atomic E-state index is 12.2. The van der Waals surface area contributed by atoms with Gasteiger partial charge in [-0.2, -0.15) is 0 Å². The molecule has 122 valence electrons. The summed E-state index contributed by atoms with van der Waals surface area (Å²) in [6, 6.07) is 6.72. The molecule has 1 atom stereocenters. The standard InChI is InChI=1S/C18H27IN2O/c1-3-15-7-4-5-11-21(15)12-6-10-20-18(22)16-9-8-14(2)13-17(16)19/h8-9,13,15H,3-7,10-12H2,1-2H3,(H,20,22)/t15-/m1/s1. The monoisotopic (exact) mass is 414 g/mol. The summed E-state index contributed by atoms with van der Waals surface area (Å²) in [6.45, 7) is 7.42. The van der Waals surface area contributed by atoms with E-state index in [1.54, 1.807) is 0 Å². The summed E-state index contributed by atoms with van der Waals surface area (Å²) in [5, 5.41) is 3.06. The average Bonchev–Trinajstić information content (AvgIpc) is 2.51. The number of nitrogens with zero attached hydrogens (tertiary/aromatic N) is 1. The number of hydrogen-bond acceptors (Lipinski definition) is 2. The molecule has 0 saturated carbocycles. The van der Waals surface area contributed by atoms with Gasteiger partial charge < -0.3 is 10.2 Å². The maximum Gasteiger partial charge on any atom is 0.252 e.